The number of hydrogen-bond acceptors (Lipinski definition) is 3. The minimum atomic E-state index is -0.990. The van der Waals surface area contributed by atoms with E-state index >= 15 is 0 Å². The van der Waals surface area contributed by atoms with Gasteiger partial charge in [-0.1, -0.05) is 29.3 Å². The quantitative estimate of drug-likeness (QED) is 0.857. The largest absolute Gasteiger partial charge is 0.481 e. The van der Waals surface area contributed by atoms with Gasteiger partial charge in [-0.25, -0.2) is 0 Å². The summed E-state index contributed by atoms with van der Waals surface area (Å²) in [5.74, 6) is -3.59. The fourth-order valence-electron chi connectivity index (χ4n) is 3.53. The van der Waals surface area contributed by atoms with Gasteiger partial charge in [0.1, 0.15) is 0 Å². The molecule has 7 heteroatoms. The summed E-state index contributed by atoms with van der Waals surface area (Å²) in [6, 6.07) is 5.10. The topological polar surface area (TPSA) is 83.8 Å². The van der Waals surface area contributed by atoms with Crippen molar-refractivity contribution in [1.82, 2.24) is 0 Å². The molecule has 2 aliphatic carbocycles. The normalized spacial score (nSPS) is 32.5. The van der Waals surface area contributed by atoms with E-state index in [4.69, 9.17) is 33.0 Å². The van der Waals surface area contributed by atoms with Crippen molar-refractivity contribution >= 4 is 35.1 Å². The summed E-state index contributed by atoms with van der Waals surface area (Å²) in [6.45, 7) is 0.225. The number of halogens is 2. The molecule has 0 radical (unpaired) electrons. The standard InChI is InChI=1S/C15H14Cl2O5/c16-8-2-1-6(3-9(8)17)5-22-10-4-7-11(12(7)14(18)19)13(10)15(20)21/h1-3,7,10-13H,4-5H2,(H,18,19)(H,20,21)/t7?,10-,11?,12?,13-/m1/s1. The number of ether oxygens (including phenoxy) is 1. The van der Waals surface area contributed by atoms with Crippen molar-refractivity contribution in [2.45, 2.75) is 19.1 Å². The zero-order chi connectivity index (χ0) is 16.0. The highest BCUT2D eigenvalue weighted by molar-refractivity contribution is 6.42. The molecule has 0 heterocycles. The fourth-order valence-corrected chi connectivity index (χ4v) is 3.85. The molecule has 0 bridgehead atoms. The number of rotatable bonds is 5. The molecular weight excluding hydrogens is 331 g/mol. The van der Waals surface area contributed by atoms with E-state index in [2.05, 4.69) is 0 Å². The Kier molecular flexibility index (Phi) is 4.05. The molecule has 3 rings (SSSR count). The maximum Gasteiger partial charge on any atom is 0.309 e. The predicted octanol–water partition coefficient (Wildman–Crippen LogP) is 2.93. The summed E-state index contributed by atoms with van der Waals surface area (Å²) in [5.41, 5.74) is 0.800. The molecule has 5 nitrogen and oxygen atoms in total. The first-order chi connectivity index (χ1) is 10.4. The van der Waals surface area contributed by atoms with Gasteiger partial charge in [0, 0.05) is 0 Å². The van der Waals surface area contributed by atoms with Gasteiger partial charge in [0.25, 0.3) is 0 Å². The Morgan fingerprint density at radius 1 is 1.14 bits per heavy atom. The smallest absolute Gasteiger partial charge is 0.309 e. The van der Waals surface area contributed by atoms with Crippen molar-refractivity contribution in [2.75, 3.05) is 0 Å². The summed E-state index contributed by atoms with van der Waals surface area (Å²) in [4.78, 5) is 22.5. The molecule has 2 fully saturated rings. The third-order valence-electron chi connectivity index (χ3n) is 4.57. The predicted molar refractivity (Wildman–Crippen MR) is 78.9 cm³/mol. The van der Waals surface area contributed by atoms with Gasteiger partial charge in [-0.3, -0.25) is 9.59 Å². The van der Waals surface area contributed by atoms with Crippen LogP contribution in [0.4, 0.5) is 0 Å². The molecule has 5 atom stereocenters. The van der Waals surface area contributed by atoms with Crippen LogP contribution < -0.4 is 0 Å². The van der Waals surface area contributed by atoms with E-state index < -0.39 is 29.9 Å². The lowest BCUT2D eigenvalue weighted by molar-refractivity contribution is -0.149. The van der Waals surface area contributed by atoms with Gasteiger partial charge in [-0.05, 0) is 36.0 Å². The van der Waals surface area contributed by atoms with Gasteiger partial charge in [0.2, 0.25) is 0 Å². The van der Waals surface area contributed by atoms with Gasteiger partial charge >= 0.3 is 11.9 Å². The van der Waals surface area contributed by atoms with Crippen molar-refractivity contribution < 1.29 is 24.5 Å². The average Bonchev–Trinajstić information content (AvgIpc) is 3.01. The van der Waals surface area contributed by atoms with Crippen LogP contribution >= 0.6 is 23.2 Å². The number of benzene rings is 1. The molecule has 2 saturated carbocycles. The van der Waals surface area contributed by atoms with Gasteiger partial charge < -0.3 is 14.9 Å². The molecule has 0 aliphatic heterocycles. The Balaban J connectivity index is 1.65. The second kappa shape index (κ2) is 5.72. The first-order valence-corrected chi connectivity index (χ1v) is 7.67. The summed E-state index contributed by atoms with van der Waals surface area (Å²) in [7, 11) is 0. The molecule has 0 saturated heterocycles. The lowest BCUT2D eigenvalue weighted by Crippen LogP contribution is -2.31. The lowest BCUT2D eigenvalue weighted by atomic mass is 9.97. The zero-order valence-corrected chi connectivity index (χ0v) is 12.9. The maximum atomic E-state index is 11.4. The molecule has 0 aromatic heterocycles. The number of carboxylic acids is 2. The van der Waals surface area contributed by atoms with E-state index in [9.17, 15) is 14.7 Å². The van der Waals surface area contributed by atoms with Crippen LogP contribution in [0.1, 0.15) is 12.0 Å². The summed E-state index contributed by atoms with van der Waals surface area (Å²) >= 11 is 11.8. The molecule has 0 spiro atoms. The van der Waals surface area contributed by atoms with Crippen molar-refractivity contribution in [3.8, 4) is 0 Å². The lowest BCUT2D eigenvalue weighted by Gasteiger charge is -2.21. The average molecular weight is 345 g/mol. The number of fused-ring (bicyclic) bond motifs is 1. The van der Waals surface area contributed by atoms with Crippen LogP contribution in [0.25, 0.3) is 0 Å². The van der Waals surface area contributed by atoms with E-state index in [0.29, 0.717) is 16.5 Å². The van der Waals surface area contributed by atoms with Gasteiger partial charge in [0.05, 0.1) is 34.6 Å². The van der Waals surface area contributed by atoms with E-state index in [0.717, 1.165) is 5.56 Å². The van der Waals surface area contributed by atoms with E-state index in [1.165, 1.54) is 0 Å². The van der Waals surface area contributed by atoms with Crippen LogP contribution in [-0.2, 0) is 20.9 Å². The third-order valence-corrected chi connectivity index (χ3v) is 5.31. The Hall–Kier alpha value is -1.30. The summed E-state index contributed by atoms with van der Waals surface area (Å²) in [6.07, 6.45) is 0.0115. The zero-order valence-electron chi connectivity index (χ0n) is 11.4. The summed E-state index contributed by atoms with van der Waals surface area (Å²) < 4.78 is 5.71. The van der Waals surface area contributed by atoms with Gasteiger partial charge in [0.15, 0.2) is 0 Å². The Bertz CT molecular complexity index is 632. The van der Waals surface area contributed by atoms with Crippen molar-refractivity contribution in [2.24, 2.45) is 23.7 Å². The Morgan fingerprint density at radius 3 is 2.41 bits per heavy atom. The molecule has 118 valence electrons. The van der Waals surface area contributed by atoms with E-state index in [-0.39, 0.29) is 18.4 Å². The molecule has 1 aromatic carbocycles. The Morgan fingerprint density at radius 2 is 1.82 bits per heavy atom. The molecule has 2 aliphatic rings. The van der Waals surface area contributed by atoms with Gasteiger partial charge in [-0.2, -0.15) is 0 Å². The van der Waals surface area contributed by atoms with Crippen LogP contribution in [0.5, 0.6) is 0 Å². The van der Waals surface area contributed by atoms with E-state index in [1.807, 2.05) is 0 Å². The first kappa shape index (κ1) is 15.6. The van der Waals surface area contributed by atoms with Crippen LogP contribution in [-0.4, -0.2) is 28.3 Å². The number of aliphatic carboxylic acids is 2. The molecule has 3 unspecified atom stereocenters. The van der Waals surface area contributed by atoms with Crippen LogP contribution in [0.2, 0.25) is 10.0 Å². The third kappa shape index (κ3) is 2.69. The Labute approximate surface area is 136 Å². The van der Waals surface area contributed by atoms with Crippen LogP contribution in [0, 0.1) is 23.7 Å². The second-order valence-corrected chi connectivity index (χ2v) is 6.62. The SMILES string of the molecule is O=C(O)C1C2C[C@@H](OCc3ccc(Cl)c(Cl)c3)[C@@H](C(=O)O)C21. The highest BCUT2D eigenvalue weighted by atomic mass is 35.5. The monoisotopic (exact) mass is 344 g/mol. The molecule has 1 aromatic rings. The summed E-state index contributed by atoms with van der Waals surface area (Å²) in [5, 5.41) is 19.3. The number of carbonyl (C=O) groups is 2. The fraction of sp³-hybridized carbons (Fsp3) is 0.467. The highest BCUT2D eigenvalue weighted by Gasteiger charge is 2.67. The number of hydrogen-bond donors (Lipinski definition) is 2. The molecular formula is C15H14Cl2O5. The molecule has 2 N–H and O–H groups in total. The number of carboxylic acid groups (broad SMARTS) is 2. The van der Waals surface area contributed by atoms with Crippen LogP contribution in [0.15, 0.2) is 18.2 Å². The van der Waals surface area contributed by atoms with Crippen molar-refractivity contribution in [3.05, 3.63) is 33.8 Å². The van der Waals surface area contributed by atoms with Crippen molar-refractivity contribution in [3.63, 3.8) is 0 Å². The minimum Gasteiger partial charge on any atom is -0.481 e. The van der Waals surface area contributed by atoms with Crippen LogP contribution in [0.3, 0.4) is 0 Å². The first-order valence-electron chi connectivity index (χ1n) is 6.91. The minimum absolute atomic E-state index is 0.0857. The highest BCUT2D eigenvalue weighted by Crippen LogP contribution is 2.61. The molecule has 22 heavy (non-hydrogen) atoms. The molecule has 0 amide bonds. The second-order valence-electron chi connectivity index (χ2n) is 5.80. The van der Waals surface area contributed by atoms with Gasteiger partial charge in [-0.15, -0.1) is 0 Å². The van der Waals surface area contributed by atoms with E-state index in [1.54, 1.807) is 18.2 Å². The van der Waals surface area contributed by atoms with Crippen molar-refractivity contribution in [1.29, 1.82) is 0 Å². The maximum absolute atomic E-state index is 11.4.